The van der Waals surface area contributed by atoms with Gasteiger partial charge in [-0.25, -0.2) is 0 Å². The molecule has 0 bridgehead atoms. The summed E-state index contributed by atoms with van der Waals surface area (Å²) in [4.78, 5) is 33.0. The van der Waals surface area contributed by atoms with Crippen LogP contribution < -0.4 is 5.56 Å². The smallest absolute Gasteiger partial charge is 0.272 e. The van der Waals surface area contributed by atoms with E-state index in [0.717, 1.165) is 16.5 Å². The van der Waals surface area contributed by atoms with Gasteiger partial charge < -0.3 is 9.88 Å². The molecule has 2 heterocycles. The number of rotatable bonds is 3. The highest BCUT2D eigenvalue weighted by Crippen LogP contribution is 2.14. The van der Waals surface area contributed by atoms with Gasteiger partial charge in [0, 0.05) is 24.3 Å². The summed E-state index contributed by atoms with van der Waals surface area (Å²) >= 11 is 0. The van der Waals surface area contributed by atoms with Gasteiger partial charge in [-0.2, -0.15) is 0 Å². The molecule has 1 amide bonds. The minimum atomic E-state index is -0.214. The first kappa shape index (κ1) is 15.0. The lowest BCUT2D eigenvalue weighted by atomic mass is 10.1. The van der Waals surface area contributed by atoms with Crippen LogP contribution in [0.3, 0.4) is 0 Å². The molecule has 1 aromatic carbocycles. The molecule has 0 aliphatic rings. The number of carbonyl (C=O) groups excluding carboxylic acids is 1. The van der Waals surface area contributed by atoms with Crippen LogP contribution in [0.5, 0.6) is 0 Å². The predicted molar refractivity (Wildman–Crippen MR) is 89.3 cm³/mol. The number of amides is 1. The third-order valence-corrected chi connectivity index (χ3v) is 3.72. The zero-order valence-electron chi connectivity index (χ0n) is 13.0. The van der Waals surface area contributed by atoms with Gasteiger partial charge in [0.05, 0.1) is 6.54 Å². The predicted octanol–water partition coefficient (Wildman–Crippen LogP) is 2.50. The number of nitrogens with one attached hydrogen (secondary N) is 1. The van der Waals surface area contributed by atoms with Crippen molar-refractivity contribution in [3.63, 3.8) is 0 Å². The number of benzene rings is 1. The second-order valence-electron chi connectivity index (χ2n) is 5.59. The molecule has 0 aliphatic heterocycles. The highest BCUT2D eigenvalue weighted by Gasteiger charge is 2.14. The van der Waals surface area contributed by atoms with Gasteiger partial charge >= 0.3 is 0 Å². The van der Waals surface area contributed by atoms with Crippen molar-refractivity contribution in [3.8, 4) is 0 Å². The molecule has 5 nitrogen and oxygen atoms in total. The fraction of sp³-hybridized carbons (Fsp3) is 0.167. The molecule has 1 N–H and O–H groups in total. The Morgan fingerprint density at radius 2 is 2.04 bits per heavy atom. The first-order chi connectivity index (χ1) is 11.0. The van der Waals surface area contributed by atoms with E-state index in [0.29, 0.717) is 11.3 Å². The van der Waals surface area contributed by atoms with Gasteiger partial charge in [-0.05, 0) is 42.1 Å². The molecule has 0 aliphatic carbocycles. The minimum absolute atomic E-state index is 0.177. The van der Waals surface area contributed by atoms with Gasteiger partial charge in [-0.3, -0.25) is 14.6 Å². The number of aromatic amines is 1. The number of aryl methyl sites for hydroxylation is 1. The summed E-state index contributed by atoms with van der Waals surface area (Å²) in [5.74, 6) is -0.214. The molecule has 0 saturated heterocycles. The van der Waals surface area contributed by atoms with Crippen molar-refractivity contribution >= 4 is 16.8 Å². The van der Waals surface area contributed by atoms with Crippen molar-refractivity contribution < 1.29 is 4.79 Å². The minimum Gasteiger partial charge on any atom is -0.336 e. The van der Waals surface area contributed by atoms with Crippen LogP contribution in [0.15, 0.2) is 53.5 Å². The molecule has 0 saturated carbocycles. The monoisotopic (exact) mass is 307 g/mol. The van der Waals surface area contributed by atoms with Gasteiger partial charge in [-0.1, -0.05) is 18.2 Å². The summed E-state index contributed by atoms with van der Waals surface area (Å²) in [5.41, 5.74) is 2.63. The SMILES string of the molecule is Cc1ccc2cc(CN(C)C(=O)c3ccccn3)c(=O)[nH]c2c1. The third-order valence-electron chi connectivity index (χ3n) is 3.72. The average molecular weight is 307 g/mol. The van der Waals surface area contributed by atoms with Crippen LogP contribution in [-0.2, 0) is 6.54 Å². The molecular formula is C18H17N3O2. The molecule has 0 atom stereocenters. The lowest BCUT2D eigenvalue weighted by Gasteiger charge is -2.16. The maximum Gasteiger partial charge on any atom is 0.272 e. The first-order valence-corrected chi connectivity index (χ1v) is 7.33. The number of H-pyrrole nitrogens is 1. The second kappa shape index (κ2) is 6.04. The van der Waals surface area contributed by atoms with E-state index in [9.17, 15) is 9.59 Å². The zero-order valence-corrected chi connectivity index (χ0v) is 13.0. The average Bonchev–Trinajstić information content (AvgIpc) is 2.55. The van der Waals surface area contributed by atoms with Crippen molar-refractivity contribution in [2.24, 2.45) is 0 Å². The fourth-order valence-electron chi connectivity index (χ4n) is 2.49. The molecule has 0 spiro atoms. The molecule has 3 aromatic rings. The zero-order chi connectivity index (χ0) is 16.4. The number of fused-ring (bicyclic) bond motifs is 1. The Hall–Kier alpha value is -2.95. The van der Waals surface area contributed by atoms with Crippen LogP contribution in [0, 0.1) is 6.92 Å². The normalized spacial score (nSPS) is 10.7. The Balaban J connectivity index is 1.89. The lowest BCUT2D eigenvalue weighted by molar-refractivity contribution is 0.0779. The molecule has 2 aromatic heterocycles. The summed E-state index contributed by atoms with van der Waals surface area (Å²) in [6, 6.07) is 12.9. The molecule has 0 radical (unpaired) electrons. The number of aromatic nitrogens is 2. The van der Waals surface area contributed by atoms with Crippen LogP contribution >= 0.6 is 0 Å². The van der Waals surface area contributed by atoms with E-state index in [4.69, 9.17) is 0 Å². The van der Waals surface area contributed by atoms with Crippen LogP contribution in [0.1, 0.15) is 21.6 Å². The number of pyridine rings is 2. The Kier molecular flexibility index (Phi) is 3.93. The van der Waals surface area contributed by atoms with Gasteiger partial charge in [0.15, 0.2) is 0 Å². The summed E-state index contributed by atoms with van der Waals surface area (Å²) in [7, 11) is 1.66. The highest BCUT2D eigenvalue weighted by atomic mass is 16.2. The fourth-order valence-corrected chi connectivity index (χ4v) is 2.49. The van der Waals surface area contributed by atoms with E-state index >= 15 is 0 Å². The Labute approximate surface area is 133 Å². The van der Waals surface area contributed by atoms with Gasteiger partial charge in [0.2, 0.25) is 0 Å². The highest BCUT2D eigenvalue weighted by molar-refractivity contribution is 5.92. The van der Waals surface area contributed by atoms with Crippen molar-refractivity contribution in [3.05, 3.63) is 75.8 Å². The molecule has 0 unspecified atom stereocenters. The summed E-state index contributed by atoms with van der Waals surface area (Å²) in [6.45, 7) is 2.21. The summed E-state index contributed by atoms with van der Waals surface area (Å²) in [5, 5.41) is 0.948. The van der Waals surface area contributed by atoms with E-state index < -0.39 is 0 Å². The van der Waals surface area contributed by atoms with E-state index in [1.807, 2.05) is 31.2 Å². The molecule has 3 rings (SSSR count). The van der Waals surface area contributed by atoms with Crippen molar-refractivity contribution in [2.45, 2.75) is 13.5 Å². The third kappa shape index (κ3) is 3.13. The second-order valence-corrected chi connectivity index (χ2v) is 5.59. The van der Waals surface area contributed by atoms with Gasteiger partial charge in [0.1, 0.15) is 5.69 Å². The molecule has 116 valence electrons. The van der Waals surface area contributed by atoms with Crippen LogP contribution in [0.4, 0.5) is 0 Å². The van der Waals surface area contributed by atoms with E-state index in [1.165, 1.54) is 4.90 Å². The maximum atomic E-state index is 12.3. The summed E-state index contributed by atoms with van der Waals surface area (Å²) in [6.07, 6.45) is 1.58. The van der Waals surface area contributed by atoms with Crippen LogP contribution in [0.2, 0.25) is 0 Å². The van der Waals surface area contributed by atoms with E-state index in [2.05, 4.69) is 9.97 Å². The quantitative estimate of drug-likeness (QED) is 0.808. The van der Waals surface area contributed by atoms with E-state index in [-0.39, 0.29) is 18.0 Å². The number of hydrogen-bond acceptors (Lipinski definition) is 3. The van der Waals surface area contributed by atoms with Crippen molar-refractivity contribution in [1.82, 2.24) is 14.9 Å². The summed E-state index contributed by atoms with van der Waals surface area (Å²) < 4.78 is 0. The van der Waals surface area contributed by atoms with E-state index in [1.54, 1.807) is 31.4 Å². The molecular weight excluding hydrogens is 290 g/mol. The number of hydrogen-bond donors (Lipinski definition) is 1. The standard InChI is InChI=1S/C18H17N3O2/c1-12-6-7-13-10-14(17(22)20-16(13)9-12)11-21(2)18(23)15-5-3-4-8-19-15/h3-10H,11H2,1-2H3,(H,20,22). The molecule has 23 heavy (non-hydrogen) atoms. The maximum absolute atomic E-state index is 12.3. The Morgan fingerprint density at radius 1 is 1.22 bits per heavy atom. The Morgan fingerprint density at radius 3 is 2.78 bits per heavy atom. The Bertz CT molecular complexity index is 916. The lowest BCUT2D eigenvalue weighted by Crippen LogP contribution is -2.29. The number of carbonyl (C=O) groups is 1. The van der Waals surface area contributed by atoms with Crippen molar-refractivity contribution in [1.29, 1.82) is 0 Å². The van der Waals surface area contributed by atoms with Gasteiger partial charge in [0.25, 0.3) is 11.5 Å². The number of nitrogens with zero attached hydrogens (tertiary/aromatic N) is 2. The first-order valence-electron chi connectivity index (χ1n) is 7.33. The van der Waals surface area contributed by atoms with Crippen molar-refractivity contribution in [2.75, 3.05) is 7.05 Å². The topological polar surface area (TPSA) is 66.1 Å². The largest absolute Gasteiger partial charge is 0.336 e. The van der Waals surface area contributed by atoms with Crippen LogP contribution in [-0.4, -0.2) is 27.8 Å². The molecule has 5 heteroatoms. The van der Waals surface area contributed by atoms with Gasteiger partial charge in [-0.15, -0.1) is 0 Å². The molecule has 0 fully saturated rings. The van der Waals surface area contributed by atoms with Crippen LogP contribution in [0.25, 0.3) is 10.9 Å².